The van der Waals surface area contributed by atoms with E-state index in [0.29, 0.717) is 0 Å². The highest BCUT2D eigenvalue weighted by molar-refractivity contribution is 7.14. The third-order valence-corrected chi connectivity index (χ3v) is 13.6. The Balaban J connectivity index is 1.01. The van der Waals surface area contributed by atoms with Crippen molar-refractivity contribution in [2.45, 2.75) is 38.5 Å². The van der Waals surface area contributed by atoms with Crippen molar-refractivity contribution in [3.8, 4) is 28.3 Å². The van der Waals surface area contributed by atoms with E-state index in [0.717, 1.165) is 42.1 Å². The SMILES string of the molecule is CC1(C)c2ccccc2-c2ccc(N(c3ccc(C=Cc4ccc(C=Cc5ccc(C=C(C#N)C(=O)O)s5)s4)cc3)c3ccc4c(c3)C(C)(C)c3ccccc3-4)cc21. The smallest absolute Gasteiger partial charge is 0.346 e. The molecule has 282 valence electrons. The van der Waals surface area contributed by atoms with Crippen LogP contribution in [0.2, 0.25) is 0 Å². The predicted octanol–water partition coefficient (Wildman–Crippen LogP) is 14.2. The Kier molecular flexibility index (Phi) is 9.24. The van der Waals surface area contributed by atoms with E-state index in [1.165, 1.54) is 61.9 Å². The summed E-state index contributed by atoms with van der Waals surface area (Å²) in [4.78, 5) is 17.6. The molecule has 0 atom stereocenters. The van der Waals surface area contributed by atoms with Crippen LogP contribution in [0.25, 0.3) is 52.6 Å². The van der Waals surface area contributed by atoms with E-state index in [-0.39, 0.29) is 16.4 Å². The zero-order chi connectivity index (χ0) is 40.2. The molecule has 9 rings (SSSR count). The summed E-state index contributed by atoms with van der Waals surface area (Å²) < 4.78 is 0. The molecule has 2 aliphatic carbocycles. The van der Waals surface area contributed by atoms with Crippen molar-refractivity contribution in [3.05, 3.63) is 186 Å². The van der Waals surface area contributed by atoms with Crippen molar-refractivity contribution in [3.63, 3.8) is 0 Å². The van der Waals surface area contributed by atoms with Gasteiger partial charge in [-0.25, -0.2) is 4.79 Å². The molecule has 0 fully saturated rings. The van der Waals surface area contributed by atoms with Gasteiger partial charge in [0.2, 0.25) is 0 Å². The van der Waals surface area contributed by atoms with Crippen molar-refractivity contribution in [1.82, 2.24) is 0 Å². The fourth-order valence-corrected chi connectivity index (χ4v) is 10.2. The van der Waals surface area contributed by atoms with E-state index in [1.54, 1.807) is 17.4 Å². The van der Waals surface area contributed by atoms with Crippen molar-refractivity contribution in [2.75, 3.05) is 4.90 Å². The van der Waals surface area contributed by atoms with Gasteiger partial charge in [0.1, 0.15) is 11.6 Å². The van der Waals surface area contributed by atoms with Crippen molar-refractivity contribution in [2.24, 2.45) is 0 Å². The number of fused-ring (bicyclic) bond motifs is 6. The summed E-state index contributed by atoms with van der Waals surface area (Å²) in [6, 6.07) is 50.1. The van der Waals surface area contributed by atoms with Gasteiger partial charge in [-0.1, -0.05) is 107 Å². The molecule has 0 bridgehead atoms. The van der Waals surface area contributed by atoms with Crippen LogP contribution < -0.4 is 4.90 Å². The van der Waals surface area contributed by atoms with E-state index < -0.39 is 5.97 Å². The maximum Gasteiger partial charge on any atom is 0.346 e. The van der Waals surface area contributed by atoms with Crippen molar-refractivity contribution < 1.29 is 9.90 Å². The maximum atomic E-state index is 11.2. The lowest BCUT2D eigenvalue weighted by Gasteiger charge is -2.29. The lowest BCUT2D eigenvalue weighted by atomic mass is 9.82. The molecule has 2 aromatic heterocycles. The number of hydrogen-bond acceptors (Lipinski definition) is 5. The Morgan fingerprint density at radius 3 is 1.48 bits per heavy atom. The van der Waals surface area contributed by atoms with Crippen molar-refractivity contribution >= 4 is 76.1 Å². The minimum absolute atomic E-state index is 0.112. The Morgan fingerprint density at radius 1 is 0.552 bits per heavy atom. The summed E-state index contributed by atoms with van der Waals surface area (Å²) in [6.45, 7) is 9.35. The fraction of sp³-hybridized carbons (Fsp3) is 0.115. The average molecular weight is 789 g/mol. The maximum absolute atomic E-state index is 11.2. The van der Waals surface area contributed by atoms with Gasteiger partial charge in [0.05, 0.1) is 0 Å². The number of carboxylic acid groups (broad SMARTS) is 1. The van der Waals surface area contributed by atoms with E-state index in [4.69, 9.17) is 10.4 Å². The summed E-state index contributed by atoms with van der Waals surface area (Å²) in [5.74, 6) is -1.22. The third kappa shape index (κ3) is 6.53. The molecule has 58 heavy (non-hydrogen) atoms. The van der Waals surface area contributed by atoms with Crippen LogP contribution in [0.5, 0.6) is 0 Å². The first-order valence-electron chi connectivity index (χ1n) is 19.3. The van der Waals surface area contributed by atoms with Crippen LogP contribution in [0, 0.1) is 11.3 Å². The second-order valence-corrected chi connectivity index (χ2v) is 18.1. The zero-order valence-electron chi connectivity index (χ0n) is 32.7. The van der Waals surface area contributed by atoms with Gasteiger partial charge in [-0.15, -0.1) is 22.7 Å². The van der Waals surface area contributed by atoms with Gasteiger partial charge >= 0.3 is 5.97 Å². The lowest BCUT2D eigenvalue weighted by Crippen LogP contribution is -2.18. The molecule has 6 heteroatoms. The molecular weight excluding hydrogens is 749 g/mol. The van der Waals surface area contributed by atoms with Crippen LogP contribution in [0.15, 0.2) is 139 Å². The van der Waals surface area contributed by atoms with E-state index in [1.807, 2.05) is 18.2 Å². The quantitative estimate of drug-likeness (QED) is 0.117. The number of aliphatic carboxylic acids is 1. The molecular formula is C52H40N2O2S2. The van der Waals surface area contributed by atoms with Gasteiger partial charge in [0.15, 0.2) is 0 Å². The first-order chi connectivity index (χ1) is 28.0. The molecule has 0 spiro atoms. The first-order valence-corrected chi connectivity index (χ1v) is 20.9. The molecule has 0 saturated carbocycles. The molecule has 2 heterocycles. The molecule has 0 saturated heterocycles. The predicted molar refractivity (Wildman–Crippen MR) is 244 cm³/mol. The second-order valence-electron chi connectivity index (χ2n) is 15.8. The van der Waals surface area contributed by atoms with Gasteiger partial charge in [0, 0.05) is 47.4 Å². The monoisotopic (exact) mass is 788 g/mol. The number of nitrogens with zero attached hydrogens (tertiary/aromatic N) is 2. The summed E-state index contributed by atoms with van der Waals surface area (Å²) >= 11 is 3.14. The number of carboxylic acids is 1. The topological polar surface area (TPSA) is 64.3 Å². The highest BCUT2D eigenvalue weighted by Crippen LogP contribution is 2.53. The minimum atomic E-state index is -1.22. The standard InChI is InChI=1S/C52H40N2O2S2/c1-51(2)46-11-7-5-9-42(46)44-27-18-36(30-48(44)51)54(37-19-28-45-43-10-6-8-12-47(43)52(3,4)49(45)31-37)35-16-13-33(14-17-35)15-20-38-21-22-39(57-38)23-24-40-25-26-41(58-40)29-34(32-53)50(55)56/h5-31H,1-4H3,(H,55,56). The Hall–Kier alpha value is -6.52. The normalized spacial score (nSPS) is 14.6. The fourth-order valence-electron chi connectivity index (χ4n) is 8.55. The van der Waals surface area contributed by atoms with Gasteiger partial charge in [-0.3, -0.25) is 0 Å². The van der Waals surface area contributed by atoms with Crippen molar-refractivity contribution in [1.29, 1.82) is 5.26 Å². The third-order valence-electron chi connectivity index (χ3n) is 11.6. The summed E-state index contributed by atoms with van der Waals surface area (Å²) in [5.41, 5.74) is 14.7. The largest absolute Gasteiger partial charge is 0.477 e. The molecule has 4 nitrogen and oxygen atoms in total. The average Bonchev–Trinajstić information content (AvgIpc) is 3.99. The Labute approximate surface area is 347 Å². The lowest BCUT2D eigenvalue weighted by molar-refractivity contribution is -0.132. The minimum Gasteiger partial charge on any atom is -0.477 e. The van der Waals surface area contributed by atoms with E-state index >= 15 is 0 Å². The summed E-state index contributed by atoms with van der Waals surface area (Å²) in [6.07, 6.45) is 9.79. The van der Waals surface area contributed by atoms with E-state index in [9.17, 15) is 4.79 Å². The van der Waals surface area contributed by atoms with Crippen LogP contribution >= 0.6 is 22.7 Å². The number of carbonyl (C=O) groups is 1. The number of anilines is 3. The van der Waals surface area contributed by atoms with Gasteiger partial charge < -0.3 is 10.0 Å². The highest BCUT2D eigenvalue weighted by atomic mass is 32.1. The van der Waals surface area contributed by atoms with Gasteiger partial charge in [-0.05, 0) is 135 Å². The summed E-state index contributed by atoms with van der Waals surface area (Å²) in [7, 11) is 0. The zero-order valence-corrected chi connectivity index (χ0v) is 34.3. The van der Waals surface area contributed by atoms with Crippen LogP contribution in [-0.2, 0) is 15.6 Å². The molecule has 0 radical (unpaired) electrons. The number of benzene rings is 5. The number of thiophene rings is 2. The molecule has 7 aromatic rings. The molecule has 5 aromatic carbocycles. The number of rotatable bonds is 9. The highest BCUT2D eigenvalue weighted by Gasteiger charge is 2.37. The number of nitriles is 1. The van der Waals surface area contributed by atoms with Crippen LogP contribution in [0.3, 0.4) is 0 Å². The van der Waals surface area contributed by atoms with Gasteiger partial charge in [0.25, 0.3) is 0 Å². The van der Waals surface area contributed by atoms with Crippen LogP contribution in [0.1, 0.15) is 75.0 Å². The Morgan fingerprint density at radius 2 is 0.983 bits per heavy atom. The molecule has 0 amide bonds. The first kappa shape index (κ1) is 37.1. The van der Waals surface area contributed by atoms with Crippen LogP contribution in [0.4, 0.5) is 17.1 Å². The van der Waals surface area contributed by atoms with E-state index in [2.05, 4.69) is 172 Å². The molecule has 1 N–H and O–H groups in total. The molecule has 2 aliphatic rings. The second kappa shape index (κ2) is 14.5. The van der Waals surface area contributed by atoms with Crippen LogP contribution in [-0.4, -0.2) is 11.1 Å². The Bertz CT molecular complexity index is 2790. The molecule has 0 aliphatic heterocycles. The molecule has 0 unspecified atom stereocenters. The number of hydrogen-bond donors (Lipinski definition) is 1. The van der Waals surface area contributed by atoms with Gasteiger partial charge in [-0.2, -0.15) is 5.26 Å². The summed E-state index contributed by atoms with van der Waals surface area (Å²) in [5, 5.41) is 18.2.